The van der Waals surface area contributed by atoms with E-state index in [0.717, 1.165) is 0 Å². The van der Waals surface area contributed by atoms with Gasteiger partial charge >= 0.3 is 17.9 Å². The van der Waals surface area contributed by atoms with Gasteiger partial charge in [-0.05, 0) is 79.7 Å². The third-order valence-corrected chi connectivity index (χ3v) is 9.73. The molecule has 4 aromatic carbocycles. The van der Waals surface area contributed by atoms with E-state index in [1.807, 2.05) is 48.2 Å². The standard InChI is InChI=1S/C44H36N2O9/c1-44(37-24-14-26-51-37)27-33(35-23-13-25-50-35)45-32-21-11-12-22-34(32)46(44)40-39(55-43(49)31-19-9-4-10-20-31)38(54-42(48)30-17-7-3-8-18-30)36(53-40)28-52-41(47)29-15-5-2-6-16-29/h2-26,36,38-40H,27-28H2,1H3/t36-,38-,39-,40-,44?/m1/s1. The molecule has 11 nitrogen and oxygen atoms in total. The molecule has 0 radical (unpaired) electrons. The summed E-state index contributed by atoms with van der Waals surface area (Å²) < 4.78 is 37.4. The molecular weight excluding hydrogens is 700 g/mol. The Morgan fingerprint density at radius 2 is 1.24 bits per heavy atom. The molecule has 1 fully saturated rings. The van der Waals surface area contributed by atoms with E-state index in [-0.39, 0.29) is 24.2 Å². The van der Waals surface area contributed by atoms with Crippen LogP contribution in [0.15, 0.2) is 166 Å². The molecule has 0 aliphatic carbocycles. The lowest BCUT2D eigenvalue weighted by Gasteiger charge is -2.45. The van der Waals surface area contributed by atoms with Crippen LogP contribution in [0, 0.1) is 0 Å². The van der Waals surface area contributed by atoms with Crippen LogP contribution in [0.4, 0.5) is 11.4 Å². The first-order chi connectivity index (χ1) is 26.9. The molecule has 2 aliphatic rings. The molecule has 0 spiro atoms. The molecule has 1 unspecified atom stereocenters. The Kier molecular flexibility index (Phi) is 9.84. The predicted molar refractivity (Wildman–Crippen MR) is 201 cm³/mol. The summed E-state index contributed by atoms with van der Waals surface area (Å²) in [5.41, 5.74) is 1.64. The van der Waals surface area contributed by atoms with Crippen molar-refractivity contribution in [2.24, 2.45) is 4.99 Å². The molecule has 8 rings (SSSR count). The second-order valence-electron chi connectivity index (χ2n) is 13.3. The van der Waals surface area contributed by atoms with Crippen molar-refractivity contribution in [3.8, 4) is 0 Å². The van der Waals surface area contributed by atoms with E-state index in [2.05, 4.69) is 0 Å². The number of nitrogens with zero attached hydrogens (tertiary/aromatic N) is 2. The summed E-state index contributed by atoms with van der Waals surface area (Å²) >= 11 is 0. The van der Waals surface area contributed by atoms with Gasteiger partial charge in [0.25, 0.3) is 0 Å². The van der Waals surface area contributed by atoms with Crippen LogP contribution in [0.5, 0.6) is 0 Å². The summed E-state index contributed by atoms with van der Waals surface area (Å²) in [4.78, 5) is 48.2. The molecule has 0 amide bonds. The summed E-state index contributed by atoms with van der Waals surface area (Å²) in [7, 11) is 0. The molecule has 4 heterocycles. The van der Waals surface area contributed by atoms with Crippen molar-refractivity contribution < 1.29 is 42.2 Å². The van der Waals surface area contributed by atoms with Crippen LogP contribution >= 0.6 is 0 Å². The van der Waals surface area contributed by atoms with E-state index in [4.69, 9.17) is 32.8 Å². The quantitative estimate of drug-likeness (QED) is 0.100. The summed E-state index contributed by atoms with van der Waals surface area (Å²) in [6.45, 7) is 1.64. The van der Waals surface area contributed by atoms with E-state index < -0.39 is 48.0 Å². The largest absolute Gasteiger partial charge is 0.467 e. The minimum atomic E-state index is -1.27. The molecule has 2 aliphatic heterocycles. The lowest BCUT2D eigenvalue weighted by atomic mass is 9.87. The Morgan fingerprint density at radius 1 is 0.673 bits per heavy atom. The van der Waals surface area contributed by atoms with E-state index in [9.17, 15) is 14.4 Å². The summed E-state index contributed by atoms with van der Waals surface area (Å²) in [6.07, 6.45) is -1.35. The highest BCUT2D eigenvalue weighted by Crippen LogP contribution is 2.48. The Balaban J connectivity index is 1.26. The topological polar surface area (TPSA) is 130 Å². The second-order valence-corrected chi connectivity index (χ2v) is 13.3. The van der Waals surface area contributed by atoms with Gasteiger partial charge in [0.05, 0.1) is 46.3 Å². The Morgan fingerprint density at radius 3 is 1.84 bits per heavy atom. The number of furan rings is 2. The third kappa shape index (κ3) is 7.17. The first-order valence-corrected chi connectivity index (χ1v) is 17.8. The van der Waals surface area contributed by atoms with Gasteiger partial charge in [-0.25, -0.2) is 19.4 Å². The van der Waals surface area contributed by atoms with E-state index in [0.29, 0.717) is 34.2 Å². The van der Waals surface area contributed by atoms with E-state index >= 15 is 0 Å². The highest BCUT2D eigenvalue weighted by molar-refractivity contribution is 6.02. The average molecular weight is 737 g/mol. The molecule has 0 N–H and O–H groups in total. The van der Waals surface area contributed by atoms with Crippen LogP contribution in [-0.2, 0) is 24.5 Å². The first kappa shape index (κ1) is 35.3. The minimum absolute atomic E-state index is 0.254. The highest BCUT2D eigenvalue weighted by atomic mass is 16.7. The smallest absolute Gasteiger partial charge is 0.338 e. The number of ether oxygens (including phenoxy) is 4. The Labute approximate surface area is 316 Å². The normalized spacial score (nSPS) is 21.8. The van der Waals surface area contributed by atoms with Gasteiger partial charge in [-0.3, -0.25) is 0 Å². The zero-order valence-corrected chi connectivity index (χ0v) is 29.7. The lowest BCUT2D eigenvalue weighted by molar-refractivity contribution is -0.0463. The van der Waals surface area contributed by atoms with Crippen molar-refractivity contribution in [3.63, 3.8) is 0 Å². The van der Waals surface area contributed by atoms with Crippen molar-refractivity contribution in [2.75, 3.05) is 11.5 Å². The SMILES string of the molecule is CC1(c2ccco2)CC(c2ccco2)=Nc2ccccc2N1[C@@H]1O[C@H](COC(=O)c2ccccc2)[C@@H](OC(=O)c2ccccc2)[C@H]1OC(=O)c1ccccc1. The summed E-state index contributed by atoms with van der Waals surface area (Å²) in [6, 6.07) is 40.3. The van der Waals surface area contributed by atoms with Gasteiger partial charge < -0.3 is 32.7 Å². The third-order valence-electron chi connectivity index (χ3n) is 9.73. The number of hydrogen-bond acceptors (Lipinski definition) is 11. The fourth-order valence-electron chi connectivity index (χ4n) is 7.08. The van der Waals surface area contributed by atoms with Crippen LogP contribution in [0.3, 0.4) is 0 Å². The fraction of sp³-hybridized carbons (Fsp3) is 0.182. The zero-order valence-electron chi connectivity index (χ0n) is 29.7. The van der Waals surface area contributed by atoms with Gasteiger partial charge in [0.15, 0.2) is 18.4 Å². The molecule has 0 bridgehead atoms. The van der Waals surface area contributed by atoms with Gasteiger partial charge in [0.2, 0.25) is 0 Å². The van der Waals surface area contributed by atoms with Gasteiger partial charge in [-0.1, -0.05) is 66.7 Å². The number of hydrogen-bond donors (Lipinski definition) is 0. The minimum Gasteiger partial charge on any atom is -0.467 e. The lowest BCUT2D eigenvalue weighted by Crippen LogP contribution is -2.56. The Hall–Kier alpha value is -6.72. The van der Waals surface area contributed by atoms with Crippen molar-refractivity contribution >= 4 is 35.0 Å². The van der Waals surface area contributed by atoms with Crippen molar-refractivity contribution in [3.05, 3.63) is 180 Å². The maximum atomic E-state index is 14.0. The molecule has 11 heteroatoms. The number of carbonyl (C=O) groups excluding carboxylic acids is 3. The van der Waals surface area contributed by atoms with E-state index in [1.165, 1.54) is 0 Å². The molecular formula is C44H36N2O9. The first-order valence-electron chi connectivity index (χ1n) is 17.8. The number of rotatable bonds is 10. The van der Waals surface area contributed by atoms with Crippen molar-refractivity contribution in [1.82, 2.24) is 0 Å². The van der Waals surface area contributed by atoms with Crippen LogP contribution in [0.2, 0.25) is 0 Å². The van der Waals surface area contributed by atoms with Crippen LogP contribution < -0.4 is 4.90 Å². The summed E-state index contributed by atoms with van der Waals surface area (Å²) in [5.74, 6) is -0.831. The maximum absolute atomic E-state index is 14.0. The number of para-hydroxylation sites is 2. The summed E-state index contributed by atoms with van der Waals surface area (Å²) in [5, 5.41) is 0. The van der Waals surface area contributed by atoms with Crippen molar-refractivity contribution in [2.45, 2.75) is 43.4 Å². The number of carbonyl (C=O) groups is 3. The van der Waals surface area contributed by atoms with Crippen LogP contribution in [0.1, 0.15) is 55.9 Å². The van der Waals surface area contributed by atoms with Crippen LogP contribution in [0.25, 0.3) is 0 Å². The van der Waals surface area contributed by atoms with Crippen LogP contribution in [-0.4, -0.2) is 54.8 Å². The number of aliphatic imine (C=N–C) groups is 1. The maximum Gasteiger partial charge on any atom is 0.338 e. The molecule has 6 aromatic rings. The monoisotopic (exact) mass is 736 g/mol. The number of esters is 3. The highest BCUT2D eigenvalue weighted by Gasteiger charge is 2.57. The molecule has 2 aromatic heterocycles. The molecule has 55 heavy (non-hydrogen) atoms. The second kappa shape index (κ2) is 15.3. The molecule has 0 saturated carbocycles. The van der Waals surface area contributed by atoms with Gasteiger partial charge in [-0.15, -0.1) is 0 Å². The molecule has 5 atom stereocenters. The number of anilines is 1. The molecule has 276 valence electrons. The molecule has 1 saturated heterocycles. The van der Waals surface area contributed by atoms with Gasteiger partial charge in [0, 0.05) is 6.42 Å². The predicted octanol–water partition coefficient (Wildman–Crippen LogP) is 8.15. The zero-order chi connectivity index (χ0) is 37.8. The number of fused-ring (bicyclic) bond motifs is 1. The van der Waals surface area contributed by atoms with Crippen molar-refractivity contribution in [1.29, 1.82) is 0 Å². The van der Waals surface area contributed by atoms with Gasteiger partial charge in [0.1, 0.15) is 29.8 Å². The van der Waals surface area contributed by atoms with E-state index in [1.54, 1.807) is 116 Å². The Bertz CT molecular complexity index is 2280. The fourth-order valence-corrected chi connectivity index (χ4v) is 7.08. The van der Waals surface area contributed by atoms with Gasteiger partial charge in [-0.2, -0.15) is 0 Å². The average Bonchev–Trinajstić information content (AvgIpc) is 4.01. The number of benzene rings is 4.